The zero-order valence-corrected chi connectivity index (χ0v) is 8.91. The van der Waals surface area contributed by atoms with Crippen LogP contribution in [0.1, 0.15) is 15.9 Å². The van der Waals surface area contributed by atoms with Gasteiger partial charge < -0.3 is 15.4 Å². The molecule has 1 amide bonds. The number of benzene rings is 1. The maximum Gasteiger partial charge on any atom is 0.257 e. The van der Waals surface area contributed by atoms with Crippen LogP contribution in [0.3, 0.4) is 0 Å². The number of hydrogen-bond acceptors (Lipinski definition) is 3. The molecule has 0 bridgehead atoms. The summed E-state index contributed by atoms with van der Waals surface area (Å²) in [5.41, 5.74) is 7.92. The summed E-state index contributed by atoms with van der Waals surface area (Å²) >= 11 is 0. The van der Waals surface area contributed by atoms with E-state index in [9.17, 15) is 4.79 Å². The average molecular weight is 206 g/mol. The van der Waals surface area contributed by atoms with Gasteiger partial charge in [-0.05, 0) is 18.1 Å². The van der Waals surface area contributed by atoms with Crippen molar-refractivity contribution in [2.45, 2.75) is 6.42 Å². The number of nitrogens with two attached hydrogens (primary N) is 1. The standard InChI is InChI=1S/C11H14N2O2/c1-13-6-5-7-3-4-8(12)10(15-2)9(7)11(13)14/h3-4H,5-6,12H2,1-2H3. The summed E-state index contributed by atoms with van der Waals surface area (Å²) in [6.45, 7) is 0.749. The van der Waals surface area contributed by atoms with Crippen molar-refractivity contribution in [3.8, 4) is 5.75 Å². The molecule has 1 aliphatic rings. The average Bonchev–Trinajstić information content (AvgIpc) is 2.24. The molecule has 1 aromatic rings. The van der Waals surface area contributed by atoms with E-state index in [1.54, 1.807) is 18.0 Å². The van der Waals surface area contributed by atoms with Crippen LogP contribution >= 0.6 is 0 Å². The molecular formula is C11H14N2O2. The normalized spacial score (nSPS) is 15.1. The van der Waals surface area contributed by atoms with Crippen molar-refractivity contribution in [1.82, 2.24) is 4.90 Å². The molecule has 2 N–H and O–H groups in total. The maximum atomic E-state index is 11.9. The first-order valence-corrected chi connectivity index (χ1v) is 4.86. The Kier molecular flexibility index (Phi) is 2.26. The minimum atomic E-state index is -0.0135. The number of rotatable bonds is 1. The molecule has 4 heteroatoms. The molecule has 0 atom stereocenters. The summed E-state index contributed by atoms with van der Waals surface area (Å²) in [4.78, 5) is 13.6. The van der Waals surface area contributed by atoms with Crippen molar-refractivity contribution >= 4 is 11.6 Å². The van der Waals surface area contributed by atoms with Crippen molar-refractivity contribution in [2.24, 2.45) is 0 Å². The number of fused-ring (bicyclic) bond motifs is 1. The Morgan fingerprint density at radius 3 is 2.87 bits per heavy atom. The first-order valence-electron chi connectivity index (χ1n) is 4.86. The molecule has 2 rings (SSSR count). The summed E-state index contributed by atoms with van der Waals surface area (Å²) < 4.78 is 5.19. The fraction of sp³-hybridized carbons (Fsp3) is 0.364. The molecule has 0 fully saturated rings. The van der Waals surface area contributed by atoms with Crippen LogP contribution in [-0.4, -0.2) is 31.5 Å². The number of methoxy groups -OCH3 is 1. The highest BCUT2D eigenvalue weighted by molar-refractivity contribution is 6.01. The van der Waals surface area contributed by atoms with E-state index in [4.69, 9.17) is 10.5 Å². The van der Waals surface area contributed by atoms with Gasteiger partial charge in [0.15, 0.2) is 5.75 Å². The predicted octanol–water partition coefficient (Wildman–Crippen LogP) is 0.906. The minimum Gasteiger partial charge on any atom is -0.494 e. The lowest BCUT2D eigenvalue weighted by atomic mass is 9.97. The Balaban J connectivity index is 2.62. The third kappa shape index (κ3) is 1.42. The van der Waals surface area contributed by atoms with Crippen molar-refractivity contribution < 1.29 is 9.53 Å². The number of amides is 1. The first-order chi connectivity index (χ1) is 7.15. The smallest absolute Gasteiger partial charge is 0.257 e. The quantitative estimate of drug-likeness (QED) is 0.695. The Hall–Kier alpha value is -1.71. The van der Waals surface area contributed by atoms with Gasteiger partial charge in [0, 0.05) is 13.6 Å². The van der Waals surface area contributed by atoms with E-state index < -0.39 is 0 Å². The van der Waals surface area contributed by atoms with Crippen molar-refractivity contribution in [2.75, 3.05) is 26.4 Å². The summed E-state index contributed by atoms with van der Waals surface area (Å²) in [6, 6.07) is 3.69. The second-order valence-electron chi connectivity index (χ2n) is 3.70. The number of ether oxygens (including phenoxy) is 1. The Bertz CT molecular complexity index is 415. The molecule has 0 saturated heterocycles. The van der Waals surface area contributed by atoms with Gasteiger partial charge in [-0.1, -0.05) is 6.07 Å². The molecule has 1 heterocycles. The summed E-state index contributed by atoms with van der Waals surface area (Å²) in [5.74, 6) is 0.490. The number of anilines is 1. The van der Waals surface area contributed by atoms with Crippen molar-refractivity contribution in [3.63, 3.8) is 0 Å². The molecule has 0 aromatic heterocycles. The molecule has 0 aliphatic carbocycles. The van der Waals surface area contributed by atoms with Crippen molar-refractivity contribution in [1.29, 1.82) is 0 Å². The lowest BCUT2D eigenvalue weighted by molar-refractivity contribution is 0.0777. The molecule has 1 aliphatic heterocycles. The van der Waals surface area contributed by atoms with E-state index in [1.165, 1.54) is 7.11 Å². The van der Waals surface area contributed by atoms with Gasteiger partial charge in [-0.15, -0.1) is 0 Å². The van der Waals surface area contributed by atoms with Gasteiger partial charge in [-0.25, -0.2) is 0 Å². The predicted molar refractivity (Wildman–Crippen MR) is 58.1 cm³/mol. The Morgan fingerprint density at radius 1 is 1.47 bits per heavy atom. The van der Waals surface area contributed by atoms with Gasteiger partial charge in [0.25, 0.3) is 5.91 Å². The van der Waals surface area contributed by atoms with Gasteiger partial charge in [0.05, 0.1) is 18.4 Å². The first kappa shape index (κ1) is 9.83. The molecule has 0 radical (unpaired) electrons. The van der Waals surface area contributed by atoms with E-state index in [0.717, 1.165) is 18.5 Å². The van der Waals surface area contributed by atoms with E-state index in [-0.39, 0.29) is 5.91 Å². The Morgan fingerprint density at radius 2 is 2.20 bits per heavy atom. The fourth-order valence-corrected chi connectivity index (χ4v) is 1.88. The van der Waals surface area contributed by atoms with E-state index >= 15 is 0 Å². The fourth-order valence-electron chi connectivity index (χ4n) is 1.88. The van der Waals surface area contributed by atoms with E-state index in [1.807, 2.05) is 6.07 Å². The number of likely N-dealkylation sites (N-methyl/N-ethyl adjacent to an activating group) is 1. The number of carbonyl (C=O) groups excluding carboxylic acids is 1. The Labute approximate surface area is 88.6 Å². The summed E-state index contributed by atoms with van der Waals surface area (Å²) in [7, 11) is 3.32. The lowest BCUT2D eigenvalue weighted by Gasteiger charge is -2.26. The van der Waals surface area contributed by atoms with Gasteiger partial charge >= 0.3 is 0 Å². The zero-order valence-electron chi connectivity index (χ0n) is 8.91. The van der Waals surface area contributed by atoms with Crippen LogP contribution < -0.4 is 10.5 Å². The zero-order chi connectivity index (χ0) is 11.0. The van der Waals surface area contributed by atoms with Gasteiger partial charge in [0.1, 0.15) is 0 Å². The van der Waals surface area contributed by atoms with Crippen LogP contribution in [0.5, 0.6) is 5.75 Å². The van der Waals surface area contributed by atoms with Crippen LogP contribution in [-0.2, 0) is 6.42 Å². The van der Waals surface area contributed by atoms with Gasteiger partial charge in [-0.3, -0.25) is 4.79 Å². The van der Waals surface area contributed by atoms with Gasteiger partial charge in [-0.2, -0.15) is 0 Å². The number of nitrogen functional groups attached to an aromatic ring is 1. The van der Waals surface area contributed by atoms with Crippen molar-refractivity contribution in [3.05, 3.63) is 23.3 Å². The highest BCUT2D eigenvalue weighted by atomic mass is 16.5. The molecule has 4 nitrogen and oxygen atoms in total. The molecule has 15 heavy (non-hydrogen) atoms. The minimum absolute atomic E-state index is 0.0135. The molecule has 0 spiro atoms. The number of nitrogens with zero attached hydrogens (tertiary/aromatic N) is 1. The third-order valence-electron chi connectivity index (χ3n) is 2.76. The second kappa shape index (κ2) is 3.46. The second-order valence-corrected chi connectivity index (χ2v) is 3.70. The number of hydrogen-bond donors (Lipinski definition) is 1. The van der Waals surface area contributed by atoms with E-state index in [2.05, 4.69) is 0 Å². The lowest BCUT2D eigenvalue weighted by Crippen LogP contribution is -2.34. The molecule has 0 unspecified atom stereocenters. The maximum absolute atomic E-state index is 11.9. The highest BCUT2D eigenvalue weighted by Gasteiger charge is 2.26. The molecule has 0 saturated carbocycles. The summed E-state index contributed by atoms with van der Waals surface area (Å²) in [6.07, 6.45) is 0.855. The topological polar surface area (TPSA) is 55.6 Å². The highest BCUT2D eigenvalue weighted by Crippen LogP contribution is 2.32. The van der Waals surface area contributed by atoms with Crippen LogP contribution in [0.15, 0.2) is 12.1 Å². The van der Waals surface area contributed by atoms with Crippen LogP contribution in [0.2, 0.25) is 0 Å². The van der Waals surface area contributed by atoms with Crippen LogP contribution in [0, 0.1) is 0 Å². The van der Waals surface area contributed by atoms with Gasteiger partial charge in [0.2, 0.25) is 0 Å². The largest absolute Gasteiger partial charge is 0.494 e. The van der Waals surface area contributed by atoms with Crippen LogP contribution in [0.25, 0.3) is 0 Å². The van der Waals surface area contributed by atoms with Crippen LogP contribution in [0.4, 0.5) is 5.69 Å². The summed E-state index contributed by atoms with van der Waals surface area (Å²) in [5, 5.41) is 0. The molecule has 80 valence electrons. The molecular weight excluding hydrogens is 192 g/mol. The third-order valence-corrected chi connectivity index (χ3v) is 2.76. The van der Waals surface area contributed by atoms with E-state index in [0.29, 0.717) is 17.0 Å². The molecule has 1 aromatic carbocycles. The monoisotopic (exact) mass is 206 g/mol. The number of carbonyl (C=O) groups is 1. The SMILES string of the molecule is COc1c(N)ccc2c1C(=O)N(C)CC2.